The molecule has 108 valence electrons. The van der Waals surface area contributed by atoms with E-state index in [1.54, 1.807) is 18.2 Å². The maximum atomic E-state index is 11.4. The van der Waals surface area contributed by atoms with Crippen molar-refractivity contribution in [3.8, 4) is 0 Å². The lowest BCUT2D eigenvalue weighted by molar-refractivity contribution is -0.147. The average Bonchev–Trinajstić information content (AvgIpc) is 2.35. The van der Waals surface area contributed by atoms with Gasteiger partial charge < -0.3 is 15.5 Å². The summed E-state index contributed by atoms with van der Waals surface area (Å²) in [5.41, 5.74) is 0.670. The summed E-state index contributed by atoms with van der Waals surface area (Å²) in [5.74, 6) is -1.72. The number of benzene rings is 1. The van der Waals surface area contributed by atoms with E-state index in [1.807, 2.05) is 0 Å². The number of aliphatic carboxylic acids is 1. The summed E-state index contributed by atoms with van der Waals surface area (Å²) in [6.45, 7) is 0.0624. The molecule has 0 radical (unpaired) electrons. The molecule has 1 atom stereocenters. The number of aliphatic hydroxyl groups excluding tert-OH is 1. The van der Waals surface area contributed by atoms with E-state index in [1.165, 1.54) is 12.2 Å². The van der Waals surface area contributed by atoms with Gasteiger partial charge in [0, 0.05) is 29.1 Å². The van der Waals surface area contributed by atoms with Crippen LogP contribution in [0, 0.1) is 0 Å². The molecule has 1 aromatic carbocycles. The van der Waals surface area contributed by atoms with Gasteiger partial charge in [-0.1, -0.05) is 23.2 Å². The van der Waals surface area contributed by atoms with Crippen LogP contribution in [0.1, 0.15) is 12.0 Å². The minimum atomic E-state index is -1.48. The molecular formula is C13H13Cl2NO4. The molecule has 0 unspecified atom stereocenters. The van der Waals surface area contributed by atoms with Crippen molar-refractivity contribution in [3.63, 3.8) is 0 Å². The monoisotopic (exact) mass is 317 g/mol. The summed E-state index contributed by atoms with van der Waals surface area (Å²) in [6, 6.07) is 4.87. The Labute approximate surface area is 125 Å². The van der Waals surface area contributed by atoms with E-state index in [2.05, 4.69) is 5.32 Å². The maximum absolute atomic E-state index is 11.4. The minimum absolute atomic E-state index is 0.0576. The fourth-order valence-corrected chi connectivity index (χ4v) is 1.90. The molecule has 0 aliphatic rings. The van der Waals surface area contributed by atoms with E-state index in [-0.39, 0.29) is 13.0 Å². The normalized spacial score (nSPS) is 12.3. The first-order valence-corrected chi connectivity index (χ1v) is 6.47. The van der Waals surface area contributed by atoms with Crippen LogP contribution in [0.25, 0.3) is 6.08 Å². The van der Waals surface area contributed by atoms with E-state index in [4.69, 9.17) is 33.4 Å². The van der Waals surface area contributed by atoms with Crippen LogP contribution in [0.3, 0.4) is 0 Å². The molecule has 1 rings (SSSR count). The summed E-state index contributed by atoms with van der Waals surface area (Å²) in [6.07, 6.45) is 1.26. The Hall–Kier alpha value is -1.56. The van der Waals surface area contributed by atoms with Crippen molar-refractivity contribution in [3.05, 3.63) is 39.9 Å². The topological polar surface area (TPSA) is 86.6 Å². The lowest BCUT2D eigenvalue weighted by Crippen LogP contribution is -2.28. The molecule has 20 heavy (non-hydrogen) atoms. The SMILES string of the molecule is O=C(/C=C/c1cc(Cl)cc(Cl)c1)NCC[C@H](O)C(=O)O. The molecule has 7 heteroatoms. The molecule has 0 spiro atoms. The van der Waals surface area contributed by atoms with Gasteiger partial charge in [-0.2, -0.15) is 0 Å². The number of carboxylic acids is 1. The van der Waals surface area contributed by atoms with Gasteiger partial charge in [0.1, 0.15) is 0 Å². The predicted octanol–water partition coefficient (Wildman–Crippen LogP) is 1.96. The molecule has 0 saturated carbocycles. The summed E-state index contributed by atoms with van der Waals surface area (Å²) < 4.78 is 0. The number of amides is 1. The van der Waals surface area contributed by atoms with Crippen molar-refractivity contribution in [1.82, 2.24) is 5.32 Å². The van der Waals surface area contributed by atoms with Crippen LogP contribution in [0.4, 0.5) is 0 Å². The zero-order chi connectivity index (χ0) is 15.1. The highest BCUT2D eigenvalue weighted by atomic mass is 35.5. The Morgan fingerprint density at radius 1 is 1.25 bits per heavy atom. The molecular weight excluding hydrogens is 305 g/mol. The van der Waals surface area contributed by atoms with Gasteiger partial charge in [0.25, 0.3) is 0 Å². The molecule has 0 bridgehead atoms. The molecule has 0 heterocycles. The highest BCUT2D eigenvalue weighted by Gasteiger charge is 2.12. The zero-order valence-electron chi connectivity index (χ0n) is 10.3. The van der Waals surface area contributed by atoms with Gasteiger partial charge in [-0.3, -0.25) is 4.79 Å². The van der Waals surface area contributed by atoms with Crippen LogP contribution in [-0.4, -0.2) is 34.7 Å². The number of carbonyl (C=O) groups is 2. The number of hydrogen-bond donors (Lipinski definition) is 3. The van der Waals surface area contributed by atoms with E-state index in [9.17, 15) is 9.59 Å². The Kier molecular flexibility index (Phi) is 6.51. The Bertz CT molecular complexity index is 511. The number of halogens is 2. The van der Waals surface area contributed by atoms with Gasteiger partial charge in [-0.15, -0.1) is 0 Å². The van der Waals surface area contributed by atoms with Crippen LogP contribution in [0.5, 0.6) is 0 Å². The van der Waals surface area contributed by atoms with Gasteiger partial charge in [0.2, 0.25) is 5.91 Å². The molecule has 0 saturated heterocycles. The first-order valence-electron chi connectivity index (χ1n) is 5.71. The molecule has 0 aromatic heterocycles. The molecule has 0 fully saturated rings. The lowest BCUT2D eigenvalue weighted by Gasteiger charge is -2.05. The van der Waals surface area contributed by atoms with Crippen LogP contribution >= 0.6 is 23.2 Å². The molecule has 3 N–H and O–H groups in total. The summed E-state index contributed by atoms with van der Waals surface area (Å²) in [7, 11) is 0. The fourth-order valence-electron chi connectivity index (χ4n) is 1.36. The number of aliphatic hydroxyl groups is 1. The van der Waals surface area contributed by atoms with Crippen molar-refractivity contribution >= 4 is 41.2 Å². The van der Waals surface area contributed by atoms with E-state index >= 15 is 0 Å². The standard InChI is InChI=1S/C13H13Cl2NO4/c14-9-5-8(6-10(15)7-9)1-2-12(18)16-4-3-11(17)13(19)20/h1-2,5-7,11,17H,3-4H2,(H,16,18)(H,19,20)/b2-1+/t11-/m0/s1. The zero-order valence-corrected chi connectivity index (χ0v) is 11.9. The maximum Gasteiger partial charge on any atom is 0.332 e. The van der Waals surface area contributed by atoms with E-state index in [0.717, 1.165) is 0 Å². The largest absolute Gasteiger partial charge is 0.479 e. The van der Waals surface area contributed by atoms with Crippen LogP contribution < -0.4 is 5.32 Å². The second-order valence-corrected chi connectivity index (χ2v) is 4.84. The van der Waals surface area contributed by atoms with Gasteiger partial charge >= 0.3 is 5.97 Å². The molecule has 0 aliphatic carbocycles. The highest BCUT2D eigenvalue weighted by molar-refractivity contribution is 6.34. The third kappa shape index (κ3) is 6.06. The minimum Gasteiger partial charge on any atom is -0.479 e. The number of carbonyl (C=O) groups excluding carboxylic acids is 1. The highest BCUT2D eigenvalue weighted by Crippen LogP contribution is 2.19. The van der Waals surface area contributed by atoms with Gasteiger partial charge in [-0.05, 0) is 29.8 Å². The fraction of sp³-hybridized carbons (Fsp3) is 0.231. The van der Waals surface area contributed by atoms with Crippen molar-refractivity contribution < 1.29 is 19.8 Å². The first kappa shape index (κ1) is 16.5. The Morgan fingerprint density at radius 3 is 2.40 bits per heavy atom. The summed E-state index contributed by atoms with van der Waals surface area (Å²) >= 11 is 11.6. The molecule has 1 aromatic rings. The van der Waals surface area contributed by atoms with Crippen LogP contribution in [-0.2, 0) is 9.59 Å². The predicted molar refractivity (Wildman–Crippen MR) is 76.8 cm³/mol. The van der Waals surface area contributed by atoms with Crippen molar-refractivity contribution in [2.24, 2.45) is 0 Å². The van der Waals surface area contributed by atoms with Gasteiger partial charge in [0.05, 0.1) is 0 Å². The van der Waals surface area contributed by atoms with Crippen molar-refractivity contribution in [2.75, 3.05) is 6.54 Å². The second-order valence-electron chi connectivity index (χ2n) is 3.97. The first-order chi connectivity index (χ1) is 9.38. The lowest BCUT2D eigenvalue weighted by atomic mass is 10.2. The number of hydrogen-bond acceptors (Lipinski definition) is 3. The van der Waals surface area contributed by atoms with E-state index < -0.39 is 18.0 Å². The Balaban J connectivity index is 2.45. The third-order valence-electron chi connectivity index (χ3n) is 2.31. The average molecular weight is 318 g/mol. The summed E-state index contributed by atoms with van der Waals surface area (Å²) in [5, 5.41) is 20.8. The number of rotatable bonds is 6. The second kappa shape index (κ2) is 7.89. The van der Waals surface area contributed by atoms with Crippen molar-refractivity contribution in [2.45, 2.75) is 12.5 Å². The molecule has 0 aliphatic heterocycles. The van der Waals surface area contributed by atoms with Crippen LogP contribution in [0.2, 0.25) is 10.0 Å². The van der Waals surface area contributed by atoms with Gasteiger partial charge in [-0.25, -0.2) is 4.79 Å². The molecule has 1 amide bonds. The van der Waals surface area contributed by atoms with Crippen molar-refractivity contribution in [1.29, 1.82) is 0 Å². The number of nitrogens with one attached hydrogen (secondary N) is 1. The smallest absolute Gasteiger partial charge is 0.332 e. The summed E-state index contributed by atoms with van der Waals surface area (Å²) in [4.78, 5) is 21.8. The van der Waals surface area contributed by atoms with E-state index in [0.29, 0.717) is 15.6 Å². The third-order valence-corrected chi connectivity index (χ3v) is 2.75. The number of carboxylic acid groups (broad SMARTS) is 1. The Morgan fingerprint density at radius 2 is 1.85 bits per heavy atom. The van der Waals surface area contributed by atoms with Gasteiger partial charge in [0.15, 0.2) is 6.10 Å². The molecule has 5 nitrogen and oxygen atoms in total. The quantitative estimate of drug-likeness (QED) is 0.700. The van der Waals surface area contributed by atoms with Crippen LogP contribution in [0.15, 0.2) is 24.3 Å².